The fourth-order valence-corrected chi connectivity index (χ4v) is 1.94. The van der Waals surface area contributed by atoms with E-state index in [2.05, 4.69) is 4.72 Å². The molecule has 0 unspecified atom stereocenters. The van der Waals surface area contributed by atoms with Crippen molar-refractivity contribution in [1.29, 1.82) is 0 Å². The molecule has 0 fully saturated rings. The summed E-state index contributed by atoms with van der Waals surface area (Å²) >= 11 is 1.59. The summed E-state index contributed by atoms with van der Waals surface area (Å²) < 4.78 is 3.12. The quantitative estimate of drug-likeness (QED) is 0.631. The number of nitrogens with one attached hydrogen (secondary N) is 1. The third-order valence-corrected chi connectivity index (χ3v) is 2.70. The number of primary amides is 1. The van der Waals surface area contributed by atoms with Crippen LogP contribution in [0.2, 0.25) is 0 Å². The number of amides is 1. The monoisotopic (exact) mass is 180 g/mol. The maximum atomic E-state index is 10.8. The first-order valence-corrected chi connectivity index (χ1v) is 4.41. The number of benzene rings is 1. The Hall–Kier alpha value is -1.00. The van der Waals surface area contributed by atoms with Gasteiger partial charge in [-0.2, -0.15) is 0 Å². The minimum Gasteiger partial charge on any atom is -0.366 e. The minimum absolute atomic E-state index is 0.366. The van der Waals surface area contributed by atoms with Crippen LogP contribution >= 0.6 is 11.9 Å². The molecule has 0 radical (unpaired) electrons. The zero-order valence-electron chi connectivity index (χ0n) is 6.33. The highest BCUT2D eigenvalue weighted by Crippen LogP contribution is 2.27. The molecule has 0 spiro atoms. The van der Waals surface area contributed by atoms with Gasteiger partial charge in [-0.15, -0.1) is 0 Å². The molecule has 0 atom stereocenters. The number of hydrogen-bond donors (Lipinski definition) is 2. The third-order valence-electron chi connectivity index (χ3n) is 1.79. The molecule has 0 aromatic heterocycles. The third kappa shape index (κ3) is 1.19. The van der Waals surface area contributed by atoms with Crippen LogP contribution in [0.4, 0.5) is 0 Å². The molecule has 1 aromatic carbocycles. The van der Waals surface area contributed by atoms with Gasteiger partial charge in [-0.3, -0.25) is 9.52 Å². The van der Waals surface area contributed by atoms with Crippen molar-refractivity contribution in [3.63, 3.8) is 0 Å². The normalized spacial score (nSPS) is 14.3. The standard InChI is InChI=1S/C8H8N2OS/c9-8(11)5-1-2-7-6(3-5)4-10-12-7/h1-3,10H,4H2,(H2,9,11). The maximum absolute atomic E-state index is 10.8. The fourth-order valence-electron chi connectivity index (χ4n) is 1.16. The van der Waals surface area contributed by atoms with Gasteiger partial charge in [0.15, 0.2) is 0 Å². The Labute approximate surface area is 74.5 Å². The van der Waals surface area contributed by atoms with Crippen LogP contribution in [-0.2, 0) is 6.54 Å². The van der Waals surface area contributed by atoms with E-state index in [4.69, 9.17) is 5.73 Å². The second-order valence-electron chi connectivity index (χ2n) is 2.61. The number of carbonyl (C=O) groups excluding carboxylic acids is 1. The highest BCUT2D eigenvalue weighted by molar-refractivity contribution is 7.97. The molecule has 62 valence electrons. The highest BCUT2D eigenvalue weighted by atomic mass is 32.2. The molecule has 3 nitrogen and oxygen atoms in total. The van der Waals surface area contributed by atoms with Crippen molar-refractivity contribution in [1.82, 2.24) is 4.72 Å². The summed E-state index contributed by atoms with van der Waals surface area (Å²) in [4.78, 5) is 12.0. The van der Waals surface area contributed by atoms with E-state index < -0.39 is 0 Å². The van der Waals surface area contributed by atoms with Gasteiger partial charge in [0.25, 0.3) is 0 Å². The van der Waals surface area contributed by atoms with E-state index in [1.165, 1.54) is 4.90 Å². The number of rotatable bonds is 1. The van der Waals surface area contributed by atoms with Crippen LogP contribution in [0.5, 0.6) is 0 Å². The van der Waals surface area contributed by atoms with E-state index in [1.807, 2.05) is 12.1 Å². The molecule has 1 aliphatic rings. The Bertz CT molecular complexity index is 338. The molecule has 1 aliphatic heterocycles. The van der Waals surface area contributed by atoms with Gasteiger partial charge in [-0.25, -0.2) is 0 Å². The van der Waals surface area contributed by atoms with Crippen molar-refractivity contribution in [3.05, 3.63) is 29.3 Å². The second kappa shape index (κ2) is 2.80. The molecule has 2 rings (SSSR count). The Morgan fingerprint density at radius 3 is 3.17 bits per heavy atom. The number of carbonyl (C=O) groups is 1. The first kappa shape index (κ1) is 7.64. The maximum Gasteiger partial charge on any atom is 0.248 e. The minimum atomic E-state index is -0.366. The van der Waals surface area contributed by atoms with Crippen molar-refractivity contribution in [3.8, 4) is 0 Å². The average Bonchev–Trinajstić information content (AvgIpc) is 2.49. The molecular weight excluding hydrogens is 172 g/mol. The van der Waals surface area contributed by atoms with Crippen molar-refractivity contribution in [2.75, 3.05) is 0 Å². The Morgan fingerprint density at radius 2 is 2.42 bits per heavy atom. The van der Waals surface area contributed by atoms with Gasteiger partial charge in [0.05, 0.1) is 0 Å². The number of nitrogens with two attached hydrogens (primary N) is 1. The fraction of sp³-hybridized carbons (Fsp3) is 0.125. The van der Waals surface area contributed by atoms with Gasteiger partial charge in [0, 0.05) is 17.0 Å². The van der Waals surface area contributed by atoms with Crippen LogP contribution in [-0.4, -0.2) is 5.91 Å². The summed E-state index contributed by atoms with van der Waals surface area (Å²) in [6.45, 7) is 0.807. The molecular formula is C8H8N2OS. The molecule has 3 N–H and O–H groups in total. The molecule has 0 aliphatic carbocycles. The lowest BCUT2D eigenvalue weighted by Crippen LogP contribution is -2.11. The predicted octanol–water partition coefficient (Wildman–Crippen LogP) is 0.896. The summed E-state index contributed by atoms with van der Waals surface area (Å²) in [6.07, 6.45) is 0. The van der Waals surface area contributed by atoms with E-state index in [-0.39, 0.29) is 5.91 Å². The van der Waals surface area contributed by atoms with Crippen molar-refractivity contribution >= 4 is 17.9 Å². The summed E-state index contributed by atoms with van der Waals surface area (Å²) in [5.74, 6) is -0.366. The second-order valence-corrected chi connectivity index (χ2v) is 3.54. The van der Waals surface area contributed by atoms with Gasteiger partial charge in [-0.1, -0.05) is 0 Å². The zero-order valence-corrected chi connectivity index (χ0v) is 7.15. The first-order chi connectivity index (χ1) is 5.77. The van der Waals surface area contributed by atoms with Crippen molar-refractivity contribution in [2.45, 2.75) is 11.4 Å². The Kier molecular flexibility index (Phi) is 1.78. The van der Waals surface area contributed by atoms with Gasteiger partial charge < -0.3 is 5.73 Å². The molecule has 4 heteroatoms. The molecule has 0 bridgehead atoms. The summed E-state index contributed by atoms with van der Waals surface area (Å²) in [7, 11) is 0. The van der Waals surface area contributed by atoms with Crippen LogP contribution in [0.15, 0.2) is 23.1 Å². The number of hydrogen-bond acceptors (Lipinski definition) is 3. The lowest BCUT2D eigenvalue weighted by molar-refractivity contribution is 0.1000. The predicted molar refractivity (Wildman–Crippen MR) is 47.7 cm³/mol. The van der Waals surface area contributed by atoms with Crippen LogP contribution in [0.1, 0.15) is 15.9 Å². The summed E-state index contributed by atoms with van der Waals surface area (Å²) in [5.41, 5.74) is 6.87. The van der Waals surface area contributed by atoms with E-state index in [0.29, 0.717) is 5.56 Å². The van der Waals surface area contributed by atoms with Crippen LogP contribution in [0.25, 0.3) is 0 Å². The van der Waals surface area contributed by atoms with E-state index >= 15 is 0 Å². The SMILES string of the molecule is NC(=O)c1ccc2c(c1)CNS2. The molecule has 1 heterocycles. The van der Waals surface area contributed by atoms with Crippen LogP contribution < -0.4 is 10.5 Å². The lowest BCUT2D eigenvalue weighted by Gasteiger charge is -1.98. The molecule has 0 saturated carbocycles. The Balaban J connectivity index is 2.45. The van der Waals surface area contributed by atoms with Gasteiger partial charge >= 0.3 is 0 Å². The largest absolute Gasteiger partial charge is 0.366 e. The Morgan fingerprint density at radius 1 is 1.58 bits per heavy atom. The molecule has 0 saturated heterocycles. The smallest absolute Gasteiger partial charge is 0.248 e. The first-order valence-electron chi connectivity index (χ1n) is 3.60. The topological polar surface area (TPSA) is 55.1 Å². The van der Waals surface area contributed by atoms with E-state index in [1.54, 1.807) is 18.0 Å². The molecule has 12 heavy (non-hydrogen) atoms. The van der Waals surface area contributed by atoms with E-state index in [0.717, 1.165) is 12.1 Å². The zero-order chi connectivity index (χ0) is 8.55. The van der Waals surface area contributed by atoms with Gasteiger partial charge in [0.2, 0.25) is 5.91 Å². The van der Waals surface area contributed by atoms with Crippen LogP contribution in [0.3, 0.4) is 0 Å². The highest BCUT2D eigenvalue weighted by Gasteiger charge is 2.12. The van der Waals surface area contributed by atoms with E-state index in [9.17, 15) is 4.79 Å². The number of fused-ring (bicyclic) bond motifs is 1. The average molecular weight is 180 g/mol. The summed E-state index contributed by atoms with van der Waals surface area (Å²) in [6, 6.07) is 5.51. The molecule has 1 aromatic rings. The molecule has 1 amide bonds. The lowest BCUT2D eigenvalue weighted by atomic mass is 10.1. The van der Waals surface area contributed by atoms with Crippen molar-refractivity contribution in [2.24, 2.45) is 5.73 Å². The van der Waals surface area contributed by atoms with Crippen molar-refractivity contribution < 1.29 is 4.79 Å². The van der Waals surface area contributed by atoms with Gasteiger partial charge in [0.1, 0.15) is 0 Å². The van der Waals surface area contributed by atoms with Crippen LogP contribution in [0, 0.1) is 0 Å². The van der Waals surface area contributed by atoms with Gasteiger partial charge in [-0.05, 0) is 35.7 Å². The summed E-state index contributed by atoms with van der Waals surface area (Å²) in [5, 5.41) is 0.